The number of Topliss-reactive ketones (excluding diaryl/α,β-unsaturated/α-hetero) is 1. The van der Waals surface area contributed by atoms with Crippen LogP contribution in [0.1, 0.15) is 17.9 Å². The molecule has 5 rings (SSSR count). The molecule has 1 saturated heterocycles. The molecule has 2 fully saturated rings. The summed E-state index contributed by atoms with van der Waals surface area (Å²) in [5, 5.41) is 0. The number of halogens is 1. The molecule has 2 bridgehead atoms. The van der Waals surface area contributed by atoms with Gasteiger partial charge in [-0.15, -0.1) is 0 Å². The van der Waals surface area contributed by atoms with E-state index in [1.54, 1.807) is 0 Å². The molecule has 2 nitrogen and oxygen atoms in total. The van der Waals surface area contributed by atoms with Gasteiger partial charge in [-0.1, -0.05) is 52.3 Å². The summed E-state index contributed by atoms with van der Waals surface area (Å²) in [6.45, 7) is 0.597. The first-order valence-electron chi connectivity index (χ1n) is 6.33. The lowest BCUT2D eigenvalue weighted by Crippen LogP contribution is -2.49. The monoisotopic (exact) mass is 304 g/mol. The first kappa shape index (κ1) is 10.9. The molecule has 1 heterocycles. The Morgan fingerprint density at radius 3 is 2.67 bits per heavy atom. The SMILES string of the molecule is O=C1C2C=C(Br)C(C(c3ccccc3)C2)[C@@]12CO2. The van der Waals surface area contributed by atoms with E-state index in [0.29, 0.717) is 18.3 Å². The molecule has 1 spiro atoms. The lowest BCUT2D eigenvalue weighted by atomic mass is 9.60. The van der Waals surface area contributed by atoms with Gasteiger partial charge < -0.3 is 4.74 Å². The Morgan fingerprint density at radius 2 is 2.00 bits per heavy atom. The van der Waals surface area contributed by atoms with E-state index in [1.807, 2.05) is 6.07 Å². The van der Waals surface area contributed by atoms with Gasteiger partial charge in [-0.2, -0.15) is 0 Å². The molecule has 18 heavy (non-hydrogen) atoms. The molecule has 4 atom stereocenters. The van der Waals surface area contributed by atoms with Crippen LogP contribution in [0.15, 0.2) is 40.9 Å². The van der Waals surface area contributed by atoms with Crippen molar-refractivity contribution in [3.05, 3.63) is 46.5 Å². The van der Waals surface area contributed by atoms with Crippen molar-refractivity contribution < 1.29 is 9.53 Å². The maximum atomic E-state index is 12.3. The van der Waals surface area contributed by atoms with Crippen LogP contribution in [0.25, 0.3) is 0 Å². The summed E-state index contributed by atoms with van der Waals surface area (Å²) in [7, 11) is 0. The zero-order valence-corrected chi connectivity index (χ0v) is 11.4. The molecular formula is C15H13BrO2. The number of carbonyl (C=O) groups is 1. The number of benzene rings is 1. The van der Waals surface area contributed by atoms with Crippen LogP contribution in [0.4, 0.5) is 0 Å². The van der Waals surface area contributed by atoms with E-state index in [4.69, 9.17) is 4.74 Å². The predicted octanol–water partition coefficient (Wildman–Crippen LogP) is 3.04. The summed E-state index contributed by atoms with van der Waals surface area (Å²) >= 11 is 3.66. The Bertz CT molecular complexity index is 545. The molecular weight excluding hydrogens is 292 g/mol. The number of allylic oxidation sites excluding steroid dienone is 1. The molecule has 4 aliphatic rings. The van der Waals surface area contributed by atoms with Crippen LogP contribution >= 0.6 is 15.9 Å². The first-order valence-corrected chi connectivity index (χ1v) is 7.12. The normalized spacial score (nSPS) is 41.1. The van der Waals surface area contributed by atoms with Crippen molar-refractivity contribution >= 4 is 21.7 Å². The molecule has 0 N–H and O–H groups in total. The summed E-state index contributed by atoms with van der Waals surface area (Å²) in [5.41, 5.74) is 0.816. The third-order valence-electron chi connectivity index (χ3n) is 4.51. The molecule has 3 aliphatic carbocycles. The molecule has 0 amide bonds. The molecule has 0 aromatic heterocycles. The van der Waals surface area contributed by atoms with E-state index < -0.39 is 5.60 Å². The Balaban J connectivity index is 1.81. The van der Waals surface area contributed by atoms with Crippen LogP contribution in [0.2, 0.25) is 0 Å². The Kier molecular flexibility index (Phi) is 2.16. The maximum Gasteiger partial charge on any atom is 0.174 e. The predicted molar refractivity (Wildman–Crippen MR) is 71.5 cm³/mol. The van der Waals surface area contributed by atoms with Gasteiger partial charge in [-0.25, -0.2) is 0 Å². The minimum absolute atomic E-state index is 0.0251. The summed E-state index contributed by atoms with van der Waals surface area (Å²) in [6.07, 6.45) is 3.01. The van der Waals surface area contributed by atoms with E-state index in [1.165, 1.54) is 5.56 Å². The minimum atomic E-state index is -0.503. The maximum absolute atomic E-state index is 12.3. The number of hydrogen-bond acceptors (Lipinski definition) is 2. The molecule has 1 saturated carbocycles. The van der Waals surface area contributed by atoms with Gasteiger partial charge in [-0.05, 0) is 22.4 Å². The molecule has 1 aliphatic heterocycles. The first-order chi connectivity index (χ1) is 8.72. The molecule has 1 aromatic rings. The van der Waals surface area contributed by atoms with Crippen molar-refractivity contribution in [2.45, 2.75) is 17.9 Å². The van der Waals surface area contributed by atoms with Crippen molar-refractivity contribution in [1.82, 2.24) is 0 Å². The third-order valence-corrected chi connectivity index (χ3v) is 5.26. The Labute approximate surface area is 114 Å². The summed E-state index contributed by atoms with van der Waals surface area (Å²) < 4.78 is 6.74. The van der Waals surface area contributed by atoms with Crippen molar-refractivity contribution in [3.8, 4) is 0 Å². The highest BCUT2D eigenvalue weighted by Crippen LogP contribution is 2.59. The van der Waals surface area contributed by atoms with E-state index in [0.717, 1.165) is 10.9 Å². The van der Waals surface area contributed by atoms with Crippen LogP contribution in [0.5, 0.6) is 0 Å². The summed E-state index contributed by atoms with van der Waals surface area (Å²) in [4.78, 5) is 12.3. The van der Waals surface area contributed by atoms with Crippen LogP contribution in [0, 0.1) is 11.8 Å². The standard InChI is InChI=1S/C15H13BrO2/c16-12-7-10-6-11(9-4-2-1-3-5-9)13(12)15(8-18-15)14(10)17/h1-5,7,10-11,13H,6,8H2/t10?,11?,13?,15-/m0/s1. The van der Waals surface area contributed by atoms with Gasteiger partial charge in [0.2, 0.25) is 0 Å². The number of rotatable bonds is 1. The molecule has 3 heteroatoms. The number of ether oxygens (including phenoxy) is 1. The molecule has 1 aromatic carbocycles. The van der Waals surface area contributed by atoms with E-state index >= 15 is 0 Å². The lowest BCUT2D eigenvalue weighted by molar-refractivity contribution is -0.132. The Hall–Kier alpha value is -0.930. The number of hydrogen-bond donors (Lipinski definition) is 0. The van der Waals surface area contributed by atoms with Gasteiger partial charge in [0.15, 0.2) is 11.4 Å². The van der Waals surface area contributed by atoms with Crippen LogP contribution < -0.4 is 0 Å². The second-order valence-electron chi connectivity index (χ2n) is 5.43. The van der Waals surface area contributed by atoms with Crippen molar-refractivity contribution in [3.63, 3.8) is 0 Å². The number of epoxide rings is 1. The quantitative estimate of drug-likeness (QED) is 0.746. The number of carbonyl (C=O) groups excluding carboxylic acids is 1. The fraction of sp³-hybridized carbons (Fsp3) is 0.400. The lowest BCUT2D eigenvalue weighted by Gasteiger charge is -2.43. The van der Waals surface area contributed by atoms with E-state index in [2.05, 4.69) is 46.3 Å². The zero-order valence-electron chi connectivity index (χ0n) is 9.80. The second kappa shape index (κ2) is 3.55. The van der Waals surface area contributed by atoms with Gasteiger partial charge in [0.25, 0.3) is 0 Å². The highest BCUT2D eigenvalue weighted by molar-refractivity contribution is 9.11. The Morgan fingerprint density at radius 1 is 1.28 bits per heavy atom. The van der Waals surface area contributed by atoms with Gasteiger partial charge in [-0.3, -0.25) is 4.79 Å². The summed E-state index contributed by atoms with van der Waals surface area (Å²) in [5.74, 6) is 0.896. The van der Waals surface area contributed by atoms with E-state index in [-0.39, 0.29) is 11.8 Å². The van der Waals surface area contributed by atoms with Gasteiger partial charge >= 0.3 is 0 Å². The largest absolute Gasteiger partial charge is 0.361 e. The average Bonchev–Trinajstić information content (AvgIpc) is 3.17. The van der Waals surface area contributed by atoms with Gasteiger partial charge in [0.05, 0.1) is 6.61 Å². The zero-order chi connectivity index (χ0) is 12.3. The van der Waals surface area contributed by atoms with E-state index in [9.17, 15) is 4.79 Å². The average molecular weight is 305 g/mol. The highest BCUT2D eigenvalue weighted by Gasteiger charge is 2.66. The van der Waals surface area contributed by atoms with Crippen molar-refractivity contribution in [2.75, 3.05) is 6.61 Å². The topological polar surface area (TPSA) is 29.6 Å². The third kappa shape index (κ3) is 1.29. The second-order valence-corrected chi connectivity index (χ2v) is 6.35. The van der Waals surface area contributed by atoms with Crippen LogP contribution in [0.3, 0.4) is 0 Å². The highest BCUT2D eigenvalue weighted by atomic mass is 79.9. The fourth-order valence-corrected chi connectivity index (χ4v) is 4.60. The van der Waals surface area contributed by atoms with Gasteiger partial charge in [0.1, 0.15) is 0 Å². The number of ketones is 1. The minimum Gasteiger partial charge on any atom is -0.361 e. The molecule has 3 unspecified atom stereocenters. The van der Waals surface area contributed by atoms with Crippen LogP contribution in [-0.4, -0.2) is 18.0 Å². The smallest absolute Gasteiger partial charge is 0.174 e. The summed E-state index contributed by atoms with van der Waals surface area (Å²) in [6, 6.07) is 10.5. The van der Waals surface area contributed by atoms with Crippen molar-refractivity contribution in [2.24, 2.45) is 11.8 Å². The fourth-order valence-electron chi connectivity index (χ4n) is 3.59. The van der Waals surface area contributed by atoms with Crippen LogP contribution in [-0.2, 0) is 9.53 Å². The number of fused-ring (bicyclic) bond motifs is 1. The molecule has 92 valence electrons. The van der Waals surface area contributed by atoms with Gasteiger partial charge in [0, 0.05) is 11.8 Å². The van der Waals surface area contributed by atoms with Crippen molar-refractivity contribution in [1.29, 1.82) is 0 Å². The molecule has 0 radical (unpaired) electrons.